The van der Waals surface area contributed by atoms with Gasteiger partial charge in [0.05, 0.1) is 0 Å². The second-order valence-electron chi connectivity index (χ2n) is 4.09. The van der Waals surface area contributed by atoms with Crippen molar-refractivity contribution in [3.8, 4) is 0 Å². The molecular weight excluding hydrogens is 182 g/mol. The summed E-state index contributed by atoms with van der Waals surface area (Å²) in [5.41, 5.74) is 2.69. The Labute approximate surface area is 95.0 Å². The largest absolute Gasteiger partial charge is 0.388 e. The third kappa shape index (κ3) is 6.16. The van der Waals surface area contributed by atoms with Crippen LogP contribution in [0, 0.1) is 5.92 Å². The maximum absolute atomic E-state index is 3.71. The molecule has 86 valence electrons. The van der Waals surface area contributed by atoms with E-state index in [0.29, 0.717) is 5.92 Å². The molecule has 0 atom stereocenters. The molecular formula is C14H25N. The van der Waals surface area contributed by atoms with Crippen LogP contribution < -0.4 is 5.32 Å². The first-order valence-electron chi connectivity index (χ1n) is 5.85. The quantitative estimate of drug-likeness (QED) is 0.490. The number of allylic oxidation sites excluding steroid dienone is 5. The molecule has 15 heavy (non-hydrogen) atoms. The van der Waals surface area contributed by atoms with Gasteiger partial charge >= 0.3 is 0 Å². The Bertz CT molecular complexity index is 234. The van der Waals surface area contributed by atoms with Gasteiger partial charge in [0.1, 0.15) is 0 Å². The van der Waals surface area contributed by atoms with Crippen LogP contribution in [0.1, 0.15) is 40.5 Å². The standard InChI is InChI=1S/C14H25N/c1-6-8-9-10-14(12(3)4)13(5)15-11-7-2/h6,9-10,12,15H,1,7-8,11H2,2-5H3/b10-9-,14-13-. The summed E-state index contributed by atoms with van der Waals surface area (Å²) >= 11 is 0. The molecule has 1 nitrogen and oxygen atoms in total. The Morgan fingerprint density at radius 3 is 2.53 bits per heavy atom. The summed E-state index contributed by atoms with van der Waals surface area (Å²) in [6.45, 7) is 13.6. The minimum absolute atomic E-state index is 0.565. The lowest BCUT2D eigenvalue weighted by Crippen LogP contribution is -2.15. The predicted octanol–water partition coefficient (Wildman–Crippen LogP) is 4.05. The van der Waals surface area contributed by atoms with Crippen molar-refractivity contribution >= 4 is 0 Å². The SMILES string of the molecule is C=CC/C=C\C(=C(/C)NCCC)C(C)C. The fraction of sp³-hybridized carbons (Fsp3) is 0.571. The second-order valence-corrected chi connectivity index (χ2v) is 4.09. The van der Waals surface area contributed by atoms with E-state index in [4.69, 9.17) is 0 Å². The van der Waals surface area contributed by atoms with E-state index in [1.54, 1.807) is 0 Å². The third-order valence-corrected chi connectivity index (χ3v) is 2.30. The Kier molecular flexibility index (Phi) is 7.79. The Morgan fingerprint density at radius 2 is 2.07 bits per heavy atom. The van der Waals surface area contributed by atoms with Gasteiger partial charge < -0.3 is 5.32 Å². The van der Waals surface area contributed by atoms with E-state index >= 15 is 0 Å². The first kappa shape index (κ1) is 14.0. The lowest BCUT2D eigenvalue weighted by atomic mass is 10.0. The monoisotopic (exact) mass is 207 g/mol. The summed E-state index contributed by atoms with van der Waals surface area (Å²) in [4.78, 5) is 0. The highest BCUT2D eigenvalue weighted by Crippen LogP contribution is 2.15. The maximum Gasteiger partial charge on any atom is 0.0141 e. The lowest BCUT2D eigenvalue weighted by Gasteiger charge is -2.13. The normalized spacial score (nSPS) is 13.1. The van der Waals surface area contributed by atoms with Crippen molar-refractivity contribution in [2.45, 2.75) is 40.5 Å². The maximum atomic E-state index is 3.71. The van der Waals surface area contributed by atoms with Crippen LogP contribution in [0.25, 0.3) is 0 Å². The van der Waals surface area contributed by atoms with E-state index in [9.17, 15) is 0 Å². The number of nitrogens with one attached hydrogen (secondary N) is 1. The van der Waals surface area contributed by atoms with Crippen molar-refractivity contribution in [3.63, 3.8) is 0 Å². The molecule has 0 aliphatic rings. The molecule has 1 N–H and O–H groups in total. The molecule has 0 aromatic heterocycles. The molecule has 0 fully saturated rings. The van der Waals surface area contributed by atoms with Gasteiger partial charge in [0, 0.05) is 12.2 Å². The van der Waals surface area contributed by atoms with Gasteiger partial charge in [-0.15, -0.1) is 6.58 Å². The van der Waals surface area contributed by atoms with Crippen LogP contribution in [-0.4, -0.2) is 6.54 Å². The number of hydrogen-bond acceptors (Lipinski definition) is 1. The van der Waals surface area contributed by atoms with Crippen molar-refractivity contribution in [1.82, 2.24) is 5.32 Å². The fourth-order valence-electron chi connectivity index (χ4n) is 1.46. The molecule has 0 aromatic rings. The zero-order valence-corrected chi connectivity index (χ0v) is 10.6. The van der Waals surface area contributed by atoms with E-state index in [0.717, 1.165) is 13.0 Å². The van der Waals surface area contributed by atoms with Crippen LogP contribution in [0.2, 0.25) is 0 Å². The van der Waals surface area contributed by atoms with E-state index in [1.165, 1.54) is 17.7 Å². The summed E-state index contributed by atoms with van der Waals surface area (Å²) in [5.74, 6) is 0.565. The smallest absolute Gasteiger partial charge is 0.0141 e. The molecule has 0 saturated carbocycles. The van der Waals surface area contributed by atoms with Crippen LogP contribution in [0.3, 0.4) is 0 Å². The molecule has 0 unspecified atom stereocenters. The first-order chi connectivity index (χ1) is 7.13. The van der Waals surface area contributed by atoms with Gasteiger partial charge in [-0.1, -0.05) is 39.0 Å². The molecule has 1 heteroatoms. The fourth-order valence-corrected chi connectivity index (χ4v) is 1.46. The summed E-state index contributed by atoms with van der Waals surface area (Å²) in [6, 6.07) is 0. The molecule has 0 bridgehead atoms. The Balaban J connectivity index is 4.53. The van der Waals surface area contributed by atoms with E-state index in [1.807, 2.05) is 6.08 Å². The van der Waals surface area contributed by atoms with E-state index in [-0.39, 0.29) is 0 Å². The van der Waals surface area contributed by atoms with Gasteiger partial charge in [0.15, 0.2) is 0 Å². The summed E-state index contributed by atoms with van der Waals surface area (Å²) in [7, 11) is 0. The molecule has 0 aliphatic heterocycles. The third-order valence-electron chi connectivity index (χ3n) is 2.30. The zero-order chi connectivity index (χ0) is 11.7. The number of hydrogen-bond donors (Lipinski definition) is 1. The Hall–Kier alpha value is -0.980. The van der Waals surface area contributed by atoms with E-state index in [2.05, 4.69) is 51.7 Å². The van der Waals surface area contributed by atoms with Crippen LogP contribution in [0.5, 0.6) is 0 Å². The van der Waals surface area contributed by atoms with Gasteiger partial charge in [-0.3, -0.25) is 0 Å². The molecule has 0 aromatic carbocycles. The van der Waals surface area contributed by atoms with Gasteiger partial charge in [0.2, 0.25) is 0 Å². The summed E-state index contributed by atoms with van der Waals surface area (Å²) in [6.07, 6.45) is 8.41. The van der Waals surface area contributed by atoms with Crippen LogP contribution in [-0.2, 0) is 0 Å². The summed E-state index contributed by atoms with van der Waals surface area (Å²) < 4.78 is 0. The van der Waals surface area contributed by atoms with Gasteiger partial charge in [-0.2, -0.15) is 0 Å². The molecule has 0 radical (unpaired) electrons. The van der Waals surface area contributed by atoms with Crippen molar-refractivity contribution in [3.05, 3.63) is 36.1 Å². The van der Waals surface area contributed by atoms with Crippen molar-refractivity contribution < 1.29 is 0 Å². The predicted molar refractivity (Wildman–Crippen MR) is 69.8 cm³/mol. The van der Waals surface area contributed by atoms with E-state index < -0.39 is 0 Å². The van der Waals surface area contributed by atoms with Crippen molar-refractivity contribution in [2.75, 3.05) is 6.54 Å². The Morgan fingerprint density at radius 1 is 1.40 bits per heavy atom. The topological polar surface area (TPSA) is 12.0 Å². The lowest BCUT2D eigenvalue weighted by molar-refractivity contribution is 0.716. The van der Waals surface area contributed by atoms with Crippen LogP contribution in [0.15, 0.2) is 36.1 Å². The highest BCUT2D eigenvalue weighted by atomic mass is 14.9. The van der Waals surface area contributed by atoms with Gasteiger partial charge in [-0.05, 0) is 31.3 Å². The highest BCUT2D eigenvalue weighted by Gasteiger charge is 2.03. The summed E-state index contributed by atoms with van der Waals surface area (Å²) in [5, 5.41) is 3.44. The first-order valence-corrected chi connectivity index (χ1v) is 5.85. The van der Waals surface area contributed by atoms with Gasteiger partial charge in [-0.25, -0.2) is 0 Å². The molecule has 0 heterocycles. The van der Waals surface area contributed by atoms with Crippen molar-refractivity contribution in [2.24, 2.45) is 5.92 Å². The molecule has 0 saturated heterocycles. The highest BCUT2D eigenvalue weighted by molar-refractivity contribution is 5.25. The number of rotatable bonds is 7. The molecule has 0 amide bonds. The molecule has 0 aliphatic carbocycles. The molecule has 0 rings (SSSR count). The van der Waals surface area contributed by atoms with Crippen LogP contribution in [0.4, 0.5) is 0 Å². The second kappa shape index (κ2) is 8.34. The average molecular weight is 207 g/mol. The average Bonchev–Trinajstić information content (AvgIpc) is 2.20. The van der Waals surface area contributed by atoms with Crippen LogP contribution >= 0.6 is 0 Å². The minimum atomic E-state index is 0.565. The molecule has 0 spiro atoms. The minimum Gasteiger partial charge on any atom is -0.388 e. The zero-order valence-electron chi connectivity index (χ0n) is 10.6. The van der Waals surface area contributed by atoms with Gasteiger partial charge in [0.25, 0.3) is 0 Å². The van der Waals surface area contributed by atoms with Crippen molar-refractivity contribution in [1.29, 1.82) is 0 Å².